The highest BCUT2D eigenvalue weighted by molar-refractivity contribution is 9.10. The molecule has 0 saturated carbocycles. The Bertz CT molecular complexity index is 886. The van der Waals surface area contributed by atoms with Crippen molar-refractivity contribution in [3.05, 3.63) is 64.1 Å². The summed E-state index contributed by atoms with van der Waals surface area (Å²) in [5.74, 6) is -0.194. The van der Waals surface area contributed by atoms with E-state index in [0.29, 0.717) is 48.8 Å². The zero-order valence-corrected chi connectivity index (χ0v) is 15.7. The van der Waals surface area contributed by atoms with E-state index >= 15 is 0 Å². The first kappa shape index (κ1) is 17.3. The van der Waals surface area contributed by atoms with Crippen molar-refractivity contribution in [2.24, 2.45) is 4.99 Å². The number of rotatable bonds is 2. The summed E-state index contributed by atoms with van der Waals surface area (Å²) in [6.45, 7) is 2.54. The van der Waals surface area contributed by atoms with E-state index in [1.807, 2.05) is 24.3 Å². The highest BCUT2D eigenvalue weighted by Crippen LogP contribution is 2.23. The Kier molecular flexibility index (Phi) is 4.80. The zero-order chi connectivity index (χ0) is 18.1. The molecule has 132 valence electrons. The van der Waals surface area contributed by atoms with Gasteiger partial charge in [0.15, 0.2) is 11.8 Å². The molecule has 6 heteroatoms. The summed E-state index contributed by atoms with van der Waals surface area (Å²) in [6.07, 6.45) is 0. The number of nitrogens with one attached hydrogen (secondary N) is 1. The number of halogens is 1. The molecule has 1 heterocycles. The van der Waals surface area contributed by atoms with Crippen LogP contribution in [0.5, 0.6) is 0 Å². The van der Waals surface area contributed by atoms with Crippen LogP contribution in [0.3, 0.4) is 0 Å². The van der Waals surface area contributed by atoms with E-state index < -0.39 is 6.04 Å². The first-order valence-electron chi connectivity index (χ1n) is 8.59. The summed E-state index contributed by atoms with van der Waals surface area (Å²) in [4.78, 5) is 32.0. The molecule has 0 radical (unpaired) electrons. The molecular formula is C20H18BrN2O3+. The second kappa shape index (κ2) is 7.23. The third-order valence-corrected chi connectivity index (χ3v) is 5.35. The van der Waals surface area contributed by atoms with Crippen LogP contribution in [0.4, 0.5) is 5.69 Å². The van der Waals surface area contributed by atoms with Crippen molar-refractivity contribution < 1.29 is 19.2 Å². The molecule has 5 nitrogen and oxygen atoms in total. The van der Waals surface area contributed by atoms with Gasteiger partial charge >= 0.3 is 0 Å². The van der Waals surface area contributed by atoms with Crippen LogP contribution in [0, 0.1) is 0 Å². The first-order chi connectivity index (χ1) is 12.6. The molecule has 0 spiro atoms. The summed E-state index contributed by atoms with van der Waals surface area (Å²) in [5.41, 5.74) is 1.93. The SMILES string of the molecule is O=C1C(=Nc2ccc(Br)cc2)[C@@H]([NH+]2CCOCC2)C(=O)c2ccccc21. The molecule has 2 aromatic carbocycles. The van der Waals surface area contributed by atoms with Gasteiger partial charge in [0.25, 0.3) is 0 Å². The molecule has 1 aliphatic heterocycles. The van der Waals surface area contributed by atoms with E-state index in [0.717, 1.165) is 9.37 Å². The maximum Gasteiger partial charge on any atom is 0.227 e. The highest BCUT2D eigenvalue weighted by Gasteiger charge is 2.45. The molecule has 2 aliphatic rings. The van der Waals surface area contributed by atoms with Gasteiger partial charge in [0.05, 0.1) is 18.9 Å². The number of quaternary nitrogens is 1. The maximum atomic E-state index is 13.2. The van der Waals surface area contributed by atoms with Crippen LogP contribution in [0.15, 0.2) is 58.0 Å². The quantitative estimate of drug-likeness (QED) is 0.817. The number of carbonyl (C=O) groups excluding carboxylic acids is 2. The Morgan fingerprint density at radius 1 is 0.962 bits per heavy atom. The number of carbonyl (C=O) groups is 2. The van der Waals surface area contributed by atoms with Gasteiger partial charge in [-0.3, -0.25) is 9.59 Å². The minimum atomic E-state index is -0.579. The van der Waals surface area contributed by atoms with Crippen molar-refractivity contribution >= 4 is 38.9 Å². The summed E-state index contributed by atoms with van der Waals surface area (Å²) in [5, 5.41) is 0. The Balaban J connectivity index is 1.83. The predicted octanol–water partition coefficient (Wildman–Crippen LogP) is 1.88. The molecule has 4 rings (SSSR count). The average Bonchev–Trinajstić information content (AvgIpc) is 2.68. The van der Waals surface area contributed by atoms with Crippen LogP contribution in [0.2, 0.25) is 0 Å². The monoisotopic (exact) mass is 413 g/mol. The van der Waals surface area contributed by atoms with Gasteiger partial charge in [0.2, 0.25) is 11.6 Å². The minimum absolute atomic E-state index is 0.0343. The van der Waals surface area contributed by atoms with Gasteiger partial charge in [-0.15, -0.1) is 0 Å². The molecule has 1 N–H and O–H groups in total. The smallest absolute Gasteiger partial charge is 0.227 e. The molecule has 0 amide bonds. The number of fused-ring (bicyclic) bond motifs is 1. The fourth-order valence-corrected chi connectivity index (χ4v) is 3.78. The lowest BCUT2D eigenvalue weighted by molar-refractivity contribution is -0.913. The number of ketones is 2. The van der Waals surface area contributed by atoms with Gasteiger partial charge in [0, 0.05) is 15.6 Å². The number of morpholine rings is 1. The lowest BCUT2D eigenvalue weighted by Gasteiger charge is -2.33. The summed E-state index contributed by atoms with van der Waals surface area (Å²) in [7, 11) is 0. The number of ether oxygens (including phenoxy) is 1. The van der Waals surface area contributed by atoms with Crippen molar-refractivity contribution in [2.45, 2.75) is 6.04 Å². The number of hydrogen-bond donors (Lipinski definition) is 1. The van der Waals surface area contributed by atoms with E-state index in [9.17, 15) is 9.59 Å². The molecular weight excluding hydrogens is 396 g/mol. The normalized spacial score (nSPS) is 22.5. The van der Waals surface area contributed by atoms with Crippen LogP contribution in [0.1, 0.15) is 20.7 Å². The molecule has 1 fully saturated rings. The van der Waals surface area contributed by atoms with Crippen LogP contribution in [-0.2, 0) is 4.74 Å². The third kappa shape index (κ3) is 3.16. The number of aliphatic imine (C=N–C) groups is 1. The molecule has 1 atom stereocenters. The van der Waals surface area contributed by atoms with Crippen molar-refractivity contribution in [2.75, 3.05) is 26.3 Å². The number of hydrogen-bond acceptors (Lipinski definition) is 4. The number of Topliss-reactive ketones (excluding diaryl/α,β-unsaturated/α-hetero) is 2. The fraction of sp³-hybridized carbons (Fsp3) is 0.250. The van der Waals surface area contributed by atoms with Gasteiger partial charge in [-0.1, -0.05) is 40.2 Å². The standard InChI is InChI=1S/C20H17BrN2O3/c21-13-5-7-14(8-6-13)22-17-18(23-9-11-26-12-10-23)20(25)16-4-2-1-3-15(16)19(17)24/h1-8,18H,9-12H2/p+1/t18-/m1/s1. The Morgan fingerprint density at radius 3 is 2.31 bits per heavy atom. The van der Waals surface area contributed by atoms with Gasteiger partial charge in [-0.05, 0) is 24.3 Å². The van der Waals surface area contributed by atoms with Gasteiger partial charge < -0.3 is 9.64 Å². The average molecular weight is 414 g/mol. The highest BCUT2D eigenvalue weighted by atomic mass is 79.9. The van der Waals surface area contributed by atoms with Crippen LogP contribution in [-0.4, -0.2) is 49.6 Å². The topological polar surface area (TPSA) is 60.2 Å². The summed E-state index contributed by atoms with van der Waals surface area (Å²) < 4.78 is 6.36. The van der Waals surface area contributed by atoms with E-state index in [1.165, 1.54) is 0 Å². The molecule has 2 aromatic rings. The van der Waals surface area contributed by atoms with Crippen molar-refractivity contribution in [3.8, 4) is 0 Å². The summed E-state index contributed by atoms with van der Waals surface area (Å²) in [6, 6.07) is 13.9. The Hall–Kier alpha value is -2.15. The van der Waals surface area contributed by atoms with E-state index in [-0.39, 0.29) is 11.6 Å². The van der Waals surface area contributed by atoms with Crippen molar-refractivity contribution in [3.63, 3.8) is 0 Å². The molecule has 1 aliphatic carbocycles. The number of nitrogens with zero attached hydrogens (tertiary/aromatic N) is 1. The van der Waals surface area contributed by atoms with Crippen molar-refractivity contribution in [1.29, 1.82) is 0 Å². The lowest BCUT2D eigenvalue weighted by atomic mass is 9.83. The van der Waals surface area contributed by atoms with Crippen LogP contribution in [0.25, 0.3) is 0 Å². The maximum absolute atomic E-state index is 13.2. The lowest BCUT2D eigenvalue weighted by Crippen LogP contribution is -3.20. The fourth-order valence-electron chi connectivity index (χ4n) is 3.52. The molecule has 0 aromatic heterocycles. The zero-order valence-electron chi connectivity index (χ0n) is 14.1. The number of benzene rings is 2. The second-order valence-electron chi connectivity index (χ2n) is 6.42. The van der Waals surface area contributed by atoms with E-state index in [2.05, 4.69) is 20.9 Å². The molecule has 0 unspecified atom stereocenters. The first-order valence-corrected chi connectivity index (χ1v) is 9.39. The molecule has 26 heavy (non-hydrogen) atoms. The van der Waals surface area contributed by atoms with Crippen LogP contribution >= 0.6 is 15.9 Å². The van der Waals surface area contributed by atoms with E-state index in [1.54, 1.807) is 24.3 Å². The van der Waals surface area contributed by atoms with Crippen molar-refractivity contribution in [1.82, 2.24) is 0 Å². The van der Waals surface area contributed by atoms with Crippen LogP contribution < -0.4 is 4.90 Å². The predicted molar refractivity (Wildman–Crippen MR) is 102 cm³/mol. The molecule has 0 bridgehead atoms. The molecule has 1 saturated heterocycles. The Morgan fingerprint density at radius 2 is 1.62 bits per heavy atom. The third-order valence-electron chi connectivity index (χ3n) is 4.82. The van der Waals surface area contributed by atoms with E-state index in [4.69, 9.17) is 4.74 Å². The van der Waals surface area contributed by atoms with Gasteiger partial charge in [-0.25, -0.2) is 4.99 Å². The van der Waals surface area contributed by atoms with Gasteiger partial charge in [0.1, 0.15) is 13.1 Å². The van der Waals surface area contributed by atoms with Gasteiger partial charge in [-0.2, -0.15) is 0 Å². The largest absolute Gasteiger partial charge is 0.370 e. The summed E-state index contributed by atoms with van der Waals surface area (Å²) >= 11 is 3.40. The minimum Gasteiger partial charge on any atom is -0.370 e. The Labute approximate surface area is 159 Å². The second-order valence-corrected chi connectivity index (χ2v) is 7.33.